The Bertz CT molecular complexity index is 258. The highest BCUT2D eigenvalue weighted by molar-refractivity contribution is 6.80. The molecule has 0 fully saturated rings. The van der Waals surface area contributed by atoms with E-state index in [0.717, 1.165) is 6.42 Å². The van der Waals surface area contributed by atoms with Crippen molar-refractivity contribution >= 4 is 14.0 Å². The molecule has 2 unspecified atom stereocenters. The van der Waals surface area contributed by atoms with Gasteiger partial charge in [0.25, 0.3) is 6.29 Å². The molecular formula is C12H24O4Si. The second-order valence-electron chi connectivity index (χ2n) is 5.05. The van der Waals surface area contributed by atoms with Crippen molar-refractivity contribution in [1.82, 2.24) is 0 Å². The number of methoxy groups -OCH3 is 1. The van der Waals surface area contributed by atoms with Crippen LogP contribution in [0, 0.1) is 0 Å². The zero-order valence-corrected chi connectivity index (χ0v) is 12.4. The van der Waals surface area contributed by atoms with Gasteiger partial charge in [-0.3, -0.25) is 0 Å². The Morgan fingerprint density at radius 1 is 1.41 bits per heavy atom. The van der Waals surface area contributed by atoms with E-state index in [-0.39, 0.29) is 6.10 Å². The molecule has 0 aromatic heterocycles. The Kier molecular flexibility index (Phi) is 7.34. The van der Waals surface area contributed by atoms with Gasteiger partial charge in [0.2, 0.25) is 0 Å². The Labute approximate surface area is 105 Å². The number of esters is 1. The summed E-state index contributed by atoms with van der Waals surface area (Å²) < 4.78 is 9.60. The van der Waals surface area contributed by atoms with Crippen molar-refractivity contribution in [3.63, 3.8) is 0 Å². The van der Waals surface area contributed by atoms with Crippen LogP contribution < -0.4 is 0 Å². The molecule has 5 heteroatoms. The maximum absolute atomic E-state index is 11.0. The second-order valence-corrected chi connectivity index (χ2v) is 10.1. The number of hydrogen-bond donors (Lipinski definition) is 1. The maximum atomic E-state index is 11.0. The van der Waals surface area contributed by atoms with E-state index in [1.54, 1.807) is 0 Å². The van der Waals surface area contributed by atoms with Crippen molar-refractivity contribution in [2.75, 3.05) is 7.11 Å². The van der Waals surface area contributed by atoms with Gasteiger partial charge in [-0.1, -0.05) is 38.3 Å². The zero-order chi connectivity index (χ0) is 13.5. The molecule has 0 amide bonds. The van der Waals surface area contributed by atoms with Gasteiger partial charge >= 0.3 is 5.97 Å². The van der Waals surface area contributed by atoms with E-state index in [2.05, 4.69) is 36.2 Å². The predicted octanol–water partition coefficient (Wildman–Crippen LogP) is 2.10. The second kappa shape index (κ2) is 7.63. The van der Waals surface area contributed by atoms with Crippen LogP contribution in [-0.2, 0) is 14.3 Å². The van der Waals surface area contributed by atoms with Crippen LogP contribution in [0.2, 0.25) is 19.6 Å². The predicted molar refractivity (Wildman–Crippen MR) is 70.3 cm³/mol. The van der Waals surface area contributed by atoms with Crippen LogP contribution in [-0.4, -0.2) is 38.7 Å². The van der Waals surface area contributed by atoms with Crippen LogP contribution in [0.1, 0.15) is 19.8 Å². The Hall–Kier alpha value is -0.653. The largest absolute Gasteiger partial charge is 0.465 e. The minimum absolute atomic E-state index is 0.156. The minimum Gasteiger partial charge on any atom is -0.465 e. The van der Waals surface area contributed by atoms with E-state index in [1.807, 2.05) is 6.92 Å². The summed E-state index contributed by atoms with van der Waals surface area (Å²) >= 11 is 0. The van der Waals surface area contributed by atoms with Crippen LogP contribution in [0.15, 0.2) is 11.8 Å². The Morgan fingerprint density at radius 3 is 2.41 bits per heavy atom. The first-order valence-electron chi connectivity index (χ1n) is 5.89. The van der Waals surface area contributed by atoms with Crippen LogP contribution in [0.3, 0.4) is 0 Å². The first-order chi connectivity index (χ1) is 7.80. The topological polar surface area (TPSA) is 55.8 Å². The lowest BCUT2D eigenvalue weighted by Crippen LogP contribution is -2.29. The molecule has 0 spiro atoms. The number of carbonyl (C=O) groups is 1. The molecular weight excluding hydrogens is 236 g/mol. The molecule has 0 aliphatic rings. The van der Waals surface area contributed by atoms with Gasteiger partial charge in [-0.15, -0.1) is 0 Å². The quantitative estimate of drug-likeness (QED) is 0.433. The first-order valence-corrected chi connectivity index (χ1v) is 9.47. The summed E-state index contributed by atoms with van der Waals surface area (Å²) in [6.07, 6.45) is 1.88. The maximum Gasteiger partial charge on any atom is 0.363 e. The summed E-state index contributed by atoms with van der Waals surface area (Å²) in [4.78, 5) is 11.0. The lowest BCUT2D eigenvalue weighted by molar-refractivity contribution is -0.189. The average molecular weight is 260 g/mol. The van der Waals surface area contributed by atoms with Crippen molar-refractivity contribution < 1.29 is 19.4 Å². The van der Waals surface area contributed by atoms with E-state index in [9.17, 15) is 9.90 Å². The summed E-state index contributed by atoms with van der Waals surface area (Å²) in [6, 6.07) is 0. The van der Waals surface area contributed by atoms with Gasteiger partial charge in [0.15, 0.2) is 0 Å². The molecule has 100 valence electrons. The van der Waals surface area contributed by atoms with Gasteiger partial charge in [-0.25, -0.2) is 4.79 Å². The average Bonchev–Trinajstić information content (AvgIpc) is 2.24. The van der Waals surface area contributed by atoms with E-state index in [4.69, 9.17) is 4.74 Å². The van der Waals surface area contributed by atoms with Crippen LogP contribution >= 0.6 is 0 Å². The molecule has 2 atom stereocenters. The summed E-state index contributed by atoms with van der Waals surface area (Å²) in [6.45, 7) is 8.69. The molecule has 0 aromatic carbocycles. The molecule has 0 bridgehead atoms. The molecule has 0 heterocycles. The van der Waals surface area contributed by atoms with Crippen LogP contribution in [0.4, 0.5) is 0 Å². The molecule has 0 saturated carbocycles. The monoisotopic (exact) mass is 260 g/mol. The highest BCUT2D eigenvalue weighted by Crippen LogP contribution is 2.10. The van der Waals surface area contributed by atoms with E-state index in [0.29, 0.717) is 6.42 Å². The molecule has 4 nitrogen and oxygen atoms in total. The molecule has 0 saturated heterocycles. The minimum atomic E-state index is -1.48. The molecule has 0 radical (unpaired) electrons. The number of rotatable bonds is 7. The van der Waals surface area contributed by atoms with Crippen molar-refractivity contribution in [3.05, 3.63) is 11.8 Å². The van der Waals surface area contributed by atoms with Gasteiger partial charge in [0, 0.05) is 0 Å². The zero-order valence-electron chi connectivity index (χ0n) is 11.4. The van der Waals surface area contributed by atoms with Crippen LogP contribution in [0.5, 0.6) is 0 Å². The van der Waals surface area contributed by atoms with E-state index in [1.165, 1.54) is 7.11 Å². The van der Waals surface area contributed by atoms with Crippen LogP contribution in [0.25, 0.3) is 0 Å². The Balaban J connectivity index is 4.17. The number of carbonyl (C=O) groups excluding carboxylic acids is 1. The standard InChI is InChI=1S/C12H24O4Si/c1-6-10(8-7-9-17(3,4)5)16-12(14)11(13)15-2/h7,9-10,12,14H,6,8H2,1-5H3/b9-7-. The highest BCUT2D eigenvalue weighted by Gasteiger charge is 2.20. The van der Waals surface area contributed by atoms with E-state index >= 15 is 0 Å². The third-order valence-corrected chi connectivity index (χ3v) is 3.43. The van der Waals surface area contributed by atoms with Gasteiger partial charge in [0.1, 0.15) is 0 Å². The van der Waals surface area contributed by atoms with Crippen molar-refractivity contribution in [3.8, 4) is 0 Å². The van der Waals surface area contributed by atoms with Gasteiger partial charge in [-0.05, 0) is 12.8 Å². The lowest BCUT2D eigenvalue weighted by atomic mass is 10.2. The number of ether oxygens (including phenoxy) is 2. The van der Waals surface area contributed by atoms with Gasteiger partial charge < -0.3 is 14.6 Å². The molecule has 0 aliphatic carbocycles. The fourth-order valence-electron chi connectivity index (χ4n) is 1.23. The lowest BCUT2D eigenvalue weighted by Gasteiger charge is -2.18. The summed E-state index contributed by atoms with van der Waals surface area (Å²) in [5, 5.41) is 9.37. The molecule has 17 heavy (non-hydrogen) atoms. The molecule has 0 rings (SSSR count). The molecule has 0 aromatic rings. The van der Waals surface area contributed by atoms with Crippen molar-refractivity contribution in [2.45, 2.75) is 51.8 Å². The third-order valence-electron chi connectivity index (χ3n) is 2.20. The third kappa shape index (κ3) is 8.12. The normalized spacial score (nSPS) is 15.9. The van der Waals surface area contributed by atoms with Crippen molar-refractivity contribution in [1.29, 1.82) is 0 Å². The number of hydrogen-bond acceptors (Lipinski definition) is 4. The smallest absolute Gasteiger partial charge is 0.363 e. The summed E-state index contributed by atoms with van der Waals surface area (Å²) in [5.41, 5.74) is 2.23. The Morgan fingerprint density at radius 2 is 2.00 bits per heavy atom. The van der Waals surface area contributed by atoms with Gasteiger partial charge in [0.05, 0.1) is 21.3 Å². The molecule has 1 N–H and O–H groups in total. The fourth-order valence-corrected chi connectivity index (χ4v) is 2.07. The summed E-state index contributed by atoms with van der Waals surface area (Å²) in [7, 11) is 0.0275. The van der Waals surface area contributed by atoms with Crippen molar-refractivity contribution in [2.24, 2.45) is 0 Å². The number of aliphatic hydroxyl groups excluding tert-OH is 1. The first kappa shape index (κ1) is 16.3. The fraction of sp³-hybridized carbons (Fsp3) is 0.750. The van der Waals surface area contributed by atoms with Gasteiger partial charge in [-0.2, -0.15) is 0 Å². The summed E-state index contributed by atoms with van der Waals surface area (Å²) in [5.74, 6) is -0.752. The van der Waals surface area contributed by atoms with E-state index < -0.39 is 20.3 Å². The SMILES string of the molecule is CCC(C/C=C\[Si](C)(C)C)OC(O)C(=O)OC. The molecule has 0 aliphatic heterocycles. The number of aliphatic hydroxyl groups is 1. The highest BCUT2D eigenvalue weighted by atomic mass is 28.3.